The van der Waals surface area contributed by atoms with Crippen LogP contribution in [-0.2, 0) is 11.2 Å². The van der Waals surface area contributed by atoms with Crippen LogP contribution in [0.5, 0.6) is 5.75 Å². The number of benzene rings is 1. The van der Waals surface area contributed by atoms with Crippen LogP contribution in [0.25, 0.3) is 5.57 Å². The Hall–Kier alpha value is -2.48. The van der Waals surface area contributed by atoms with Gasteiger partial charge >= 0.3 is 0 Å². The van der Waals surface area contributed by atoms with Crippen molar-refractivity contribution >= 4 is 11.5 Å². The van der Waals surface area contributed by atoms with E-state index in [9.17, 15) is 5.21 Å². The molecule has 0 radical (unpaired) electrons. The molecule has 1 unspecified atom stereocenters. The van der Waals surface area contributed by atoms with E-state index in [2.05, 4.69) is 46.9 Å². The van der Waals surface area contributed by atoms with Gasteiger partial charge in [0.25, 0.3) is 0 Å². The summed E-state index contributed by atoms with van der Waals surface area (Å²) < 4.78 is 11.6. The molecule has 1 aromatic heterocycles. The molecule has 7 nitrogen and oxygen atoms in total. The van der Waals surface area contributed by atoms with Crippen LogP contribution in [0, 0.1) is 17.0 Å². The summed E-state index contributed by atoms with van der Waals surface area (Å²) in [5, 5.41) is 12.9. The van der Waals surface area contributed by atoms with Crippen LogP contribution in [0.15, 0.2) is 42.7 Å². The van der Waals surface area contributed by atoms with Gasteiger partial charge < -0.3 is 24.2 Å². The minimum atomic E-state index is -0.311. The van der Waals surface area contributed by atoms with Gasteiger partial charge in [-0.25, -0.2) is 9.97 Å². The number of hydroxylamine groups is 3. The highest BCUT2D eigenvalue weighted by molar-refractivity contribution is 5.66. The molecule has 2 aliphatic heterocycles. The Bertz CT molecular complexity index is 1020. The Kier molecular flexibility index (Phi) is 8.33. The first-order valence-electron chi connectivity index (χ1n) is 13.3. The van der Waals surface area contributed by atoms with Crippen molar-refractivity contribution in [2.45, 2.75) is 59.5 Å². The maximum Gasteiger partial charge on any atom is 0.225 e. The summed E-state index contributed by atoms with van der Waals surface area (Å²) in [4.78, 5) is 11.4. The summed E-state index contributed by atoms with van der Waals surface area (Å²) in [7, 11) is 0. The molecule has 1 fully saturated rings. The van der Waals surface area contributed by atoms with E-state index in [1.807, 2.05) is 45.3 Å². The lowest BCUT2D eigenvalue weighted by atomic mass is 9.94. The van der Waals surface area contributed by atoms with E-state index in [1.165, 1.54) is 16.7 Å². The molecule has 36 heavy (non-hydrogen) atoms. The number of aromatic nitrogens is 2. The Morgan fingerprint density at radius 1 is 1.17 bits per heavy atom. The highest BCUT2D eigenvalue weighted by atomic mass is 16.6. The smallest absolute Gasteiger partial charge is 0.225 e. The third-order valence-corrected chi connectivity index (χ3v) is 7.34. The molecule has 2 aliphatic rings. The fourth-order valence-electron chi connectivity index (χ4n) is 4.74. The first kappa shape index (κ1) is 26.6. The Balaban J connectivity index is 1.24. The SMILES string of the molecule is CCc1cnc(N2CC[C@H]([C@@H](C)COc3ccc(C4=CC[N+]([O-])(COC(C)(C)C)CC4)cc3)C2)nc1. The van der Waals surface area contributed by atoms with Crippen LogP contribution >= 0.6 is 0 Å². The Morgan fingerprint density at radius 3 is 2.50 bits per heavy atom. The van der Waals surface area contributed by atoms with Crippen molar-refractivity contribution in [1.29, 1.82) is 0 Å². The molecule has 0 aliphatic carbocycles. The Morgan fingerprint density at radius 2 is 1.89 bits per heavy atom. The number of quaternary nitrogens is 1. The van der Waals surface area contributed by atoms with Gasteiger partial charge in [-0.3, -0.25) is 0 Å². The van der Waals surface area contributed by atoms with Crippen LogP contribution < -0.4 is 9.64 Å². The number of anilines is 1. The van der Waals surface area contributed by atoms with E-state index < -0.39 is 0 Å². The molecule has 0 saturated carbocycles. The lowest BCUT2D eigenvalue weighted by Gasteiger charge is -2.45. The van der Waals surface area contributed by atoms with Crippen molar-refractivity contribution in [3.63, 3.8) is 0 Å². The van der Waals surface area contributed by atoms with Crippen LogP contribution in [0.4, 0.5) is 5.95 Å². The van der Waals surface area contributed by atoms with Gasteiger partial charge in [0, 0.05) is 31.9 Å². The Labute approximate surface area is 216 Å². The average Bonchev–Trinajstić information content (AvgIpc) is 3.37. The average molecular weight is 495 g/mol. The number of rotatable bonds is 9. The second-order valence-corrected chi connectivity index (χ2v) is 11.4. The summed E-state index contributed by atoms with van der Waals surface area (Å²) in [6, 6.07) is 8.31. The molecule has 0 bridgehead atoms. The number of hydrogen-bond acceptors (Lipinski definition) is 6. The van der Waals surface area contributed by atoms with Crippen LogP contribution in [-0.4, -0.2) is 59.7 Å². The van der Waals surface area contributed by atoms with E-state index in [0.29, 0.717) is 31.5 Å². The van der Waals surface area contributed by atoms with Crippen molar-refractivity contribution in [2.24, 2.45) is 11.8 Å². The molecule has 3 atom stereocenters. The van der Waals surface area contributed by atoms with Crippen LogP contribution in [0.3, 0.4) is 0 Å². The predicted molar refractivity (Wildman–Crippen MR) is 144 cm³/mol. The normalized spacial score (nSPS) is 23.4. The molecular formula is C29H42N4O3. The van der Waals surface area contributed by atoms with E-state index in [1.54, 1.807) is 0 Å². The quantitative estimate of drug-likeness (QED) is 0.341. The monoisotopic (exact) mass is 494 g/mol. The molecule has 196 valence electrons. The first-order chi connectivity index (χ1) is 17.1. The minimum absolute atomic E-state index is 0.204. The number of ether oxygens (including phenoxy) is 2. The molecule has 0 amide bonds. The zero-order chi connectivity index (χ0) is 25.8. The van der Waals surface area contributed by atoms with Gasteiger partial charge in [-0.05, 0) is 80.4 Å². The number of nitrogens with zero attached hydrogens (tertiary/aromatic N) is 4. The lowest BCUT2D eigenvalue weighted by Crippen LogP contribution is -2.48. The standard InChI is InChI=1S/C29H42N4O3/c1-6-23-17-30-28(31-18-23)32-14-11-26(19-32)22(2)20-35-27-9-7-24(8-10-27)25-12-15-33(34,16-13-25)21-36-29(3,4)5/h7-10,12,17-18,22,26H,6,11,13-16,19-21H2,1-5H3/t22-,26-,33?/m0/s1. The largest absolute Gasteiger partial charge is 0.631 e. The van der Waals surface area contributed by atoms with Gasteiger partial charge in [0.15, 0.2) is 6.73 Å². The van der Waals surface area contributed by atoms with E-state index in [4.69, 9.17) is 9.47 Å². The van der Waals surface area contributed by atoms with Gasteiger partial charge in [-0.2, -0.15) is 0 Å². The zero-order valence-corrected chi connectivity index (χ0v) is 22.6. The molecule has 4 rings (SSSR count). The van der Waals surface area contributed by atoms with E-state index >= 15 is 0 Å². The number of aryl methyl sites for hydroxylation is 1. The van der Waals surface area contributed by atoms with Crippen molar-refractivity contribution < 1.29 is 14.1 Å². The van der Waals surface area contributed by atoms with Gasteiger partial charge in [-0.15, -0.1) is 0 Å². The highest BCUT2D eigenvalue weighted by Crippen LogP contribution is 2.30. The second-order valence-electron chi connectivity index (χ2n) is 11.4. The van der Waals surface area contributed by atoms with E-state index in [0.717, 1.165) is 44.0 Å². The molecule has 0 N–H and O–H groups in total. The van der Waals surface area contributed by atoms with E-state index in [-0.39, 0.29) is 17.0 Å². The molecule has 1 aromatic carbocycles. The zero-order valence-electron chi connectivity index (χ0n) is 22.6. The van der Waals surface area contributed by atoms with Gasteiger partial charge in [0.1, 0.15) is 5.75 Å². The summed E-state index contributed by atoms with van der Waals surface area (Å²) in [5.74, 6) is 2.75. The summed E-state index contributed by atoms with van der Waals surface area (Å²) in [5.41, 5.74) is 3.28. The highest BCUT2D eigenvalue weighted by Gasteiger charge is 2.29. The van der Waals surface area contributed by atoms with Crippen molar-refractivity contribution in [2.75, 3.05) is 44.4 Å². The summed E-state index contributed by atoms with van der Waals surface area (Å²) >= 11 is 0. The van der Waals surface area contributed by atoms with Crippen LogP contribution in [0.1, 0.15) is 58.6 Å². The van der Waals surface area contributed by atoms with Gasteiger partial charge in [0.2, 0.25) is 5.95 Å². The minimum Gasteiger partial charge on any atom is -0.631 e. The molecular weight excluding hydrogens is 452 g/mol. The lowest BCUT2D eigenvalue weighted by molar-refractivity contribution is -0.897. The molecule has 0 spiro atoms. The van der Waals surface area contributed by atoms with Crippen molar-refractivity contribution in [3.05, 3.63) is 59.1 Å². The maximum atomic E-state index is 12.9. The van der Waals surface area contributed by atoms with Crippen molar-refractivity contribution in [3.8, 4) is 5.75 Å². The second kappa shape index (κ2) is 11.3. The molecule has 7 heteroatoms. The van der Waals surface area contributed by atoms with Crippen molar-refractivity contribution in [1.82, 2.24) is 9.97 Å². The molecule has 1 saturated heterocycles. The maximum absolute atomic E-state index is 12.9. The fraction of sp³-hybridized carbons (Fsp3) is 0.586. The summed E-state index contributed by atoms with van der Waals surface area (Å²) in [6.45, 7) is 14.2. The molecule has 2 aromatic rings. The topological polar surface area (TPSA) is 70.5 Å². The first-order valence-corrected chi connectivity index (χ1v) is 13.3. The van der Waals surface area contributed by atoms with Crippen LogP contribution in [0.2, 0.25) is 0 Å². The third-order valence-electron chi connectivity index (χ3n) is 7.34. The summed E-state index contributed by atoms with van der Waals surface area (Å²) in [6.07, 6.45) is 8.81. The van der Waals surface area contributed by atoms with Gasteiger partial charge in [-0.1, -0.05) is 26.0 Å². The molecule has 3 heterocycles. The third kappa shape index (κ3) is 7.05. The van der Waals surface area contributed by atoms with Gasteiger partial charge in [0.05, 0.1) is 25.3 Å². The number of hydrogen-bond donors (Lipinski definition) is 0. The fourth-order valence-corrected chi connectivity index (χ4v) is 4.74. The predicted octanol–water partition coefficient (Wildman–Crippen LogP) is 5.45.